The first-order valence-electron chi connectivity index (χ1n) is 13.2. The number of aromatic nitrogens is 2. The van der Waals surface area contributed by atoms with Crippen LogP contribution in [0.2, 0.25) is 0 Å². The van der Waals surface area contributed by atoms with Gasteiger partial charge >= 0.3 is 0 Å². The number of aliphatic hydroxyl groups is 1. The van der Waals surface area contributed by atoms with Crippen molar-refractivity contribution >= 4 is 35.2 Å². The number of aliphatic hydroxyl groups excluding tert-OH is 1. The lowest BCUT2D eigenvalue weighted by atomic mass is 10.2. The summed E-state index contributed by atoms with van der Waals surface area (Å²) in [5.74, 6) is 2.39. The highest BCUT2D eigenvalue weighted by Gasteiger charge is 2.25. The van der Waals surface area contributed by atoms with E-state index in [1.54, 1.807) is 24.3 Å². The molecule has 2 aromatic heterocycles. The van der Waals surface area contributed by atoms with Crippen molar-refractivity contribution in [1.29, 1.82) is 0 Å². The number of hydrogen-bond donors (Lipinski definition) is 1. The predicted molar refractivity (Wildman–Crippen MR) is 157 cm³/mol. The summed E-state index contributed by atoms with van der Waals surface area (Å²) in [5.41, 5.74) is 4.33. The predicted octanol–water partition coefficient (Wildman–Crippen LogP) is 3.92. The average molecular weight is 568 g/mol. The van der Waals surface area contributed by atoms with Crippen LogP contribution in [0.3, 0.4) is 0 Å². The van der Waals surface area contributed by atoms with E-state index in [4.69, 9.17) is 5.10 Å². The number of anilines is 1. The summed E-state index contributed by atoms with van der Waals surface area (Å²) in [5, 5.41) is 14.3. The van der Waals surface area contributed by atoms with Gasteiger partial charge in [0.05, 0.1) is 18.1 Å². The smallest absolute Gasteiger partial charge is 0.160 e. The van der Waals surface area contributed by atoms with Crippen LogP contribution >= 0.6 is 23.7 Å². The molecule has 11 heteroatoms. The Labute approximate surface area is 238 Å². The molecule has 5 rings (SSSR count). The molecular formula is C28H34FN7OS2. The van der Waals surface area contributed by atoms with Crippen LogP contribution in [-0.2, 0) is 5.75 Å². The van der Waals surface area contributed by atoms with E-state index in [2.05, 4.69) is 37.7 Å². The highest BCUT2D eigenvalue weighted by Crippen LogP contribution is 2.29. The number of hydrazone groups is 1. The maximum atomic E-state index is 13.2. The molecule has 1 aromatic carbocycles. The van der Waals surface area contributed by atoms with Gasteiger partial charge in [0.25, 0.3) is 0 Å². The van der Waals surface area contributed by atoms with Gasteiger partial charge in [-0.05, 0) is 66.9 Å². The molecule has 1 fully saturated rings. The van der Waals surface area contributed by atoms with Gasteiger partial charge in [-0.3, -0.25) is 14.9 Å². The molecule has 0 radical (unpaired) electrons. The van der Waals surface area contributed by atoms with Crippen LogP contribution in [0.1, 0.15) is 16.8 Å². The minimum Gasteiger partial charge on any atom is -0.395 e. The normalized spacial score (nSPS) is 16.2. The number of pyridine rings is 2. The zero-order chi connectivity index (χ0) is 27.0. The van der Waals surface area contributed by atoms with Crippen LogP contribution in [0.5, 0.6) is 0 Å². The fourth-order valence-electron chi connectivity index (χ4n) is 4.68. The number of piperazine rings is 1. The van der Waals surface area contributed by atoms with Gasteiger partial charge in [0.15, 0.2) is 5.84 Å². The molecule has 0 aliphatic carbocycles. The molecule has 0 atom stereocenters. The monoisotopic (exact) mass is 567 g/mol. The maximum Gasteiger partial charge on any atom is 0.160 e. The molecule has 1 saturated heterocycles. The van der Waals surface area contributed by atoms with Gasteiger partial charge in [-0.15, -0.1) is 16.9 Å². The second-order valence-corrected chi connectivity index (χ2v) is 11.6. The van der Waals surface area contributed by atoms with Crippen LogP contribution in [0, 0.1) is 12.7 Å². The van der Waals surface area contributed by atoms with Crippen molar-refractivity contribution < 1.29 is 9.50 Å². The van der Waals surface area contributed by atoms with Gasteiger partial charge in [0, 0.05) is 79.8 Å². The lowest BCUT2D eigenvalue weighted by Gasteiger charge is -2.36. The van der Waals surface area contributed by atoms with Crippen LogP contribution in [0.4, 0.5) is 10.1 Å². The summed E-state index contributed by atoms with van der Waals surface area (Å²) < 4.78 is 15.2. The Morgan fingerprint density at radius 1 is 1.00 bits per heavy atom. The number of halogens is 1. The lowest BCUT2D eigenvalue weighted by molar-refractivity contribution is 0.239. The molecule has 0 unspecified atom stereocenters. The molecule has 2 aliphatic heterocycles. The third kappa shape index (κ3) is 7.21. The molecule has 206 valence electrons. The Bertz CT molecular complexity index is 1240. The number of amidine groups is 1. The van der Waals surface area contributed by atoms with E-state index in [0.29, 0.717) is 13.2 Å². The second-order valence-electron chi connectivity index (χ2n) is 9.45. The van der Waals surface area contributed by atoms with Gasteiger partial charge in [-0.25, -0.2) is 8.80 Å². The summed E-state index contributed by atoms with van der Waals surface area (Å²) in [6.45, 7) is 8.34. The molecular weight excluding hydrogens is 533 g/mol. The highest BCUT2D eigenvalue weighted by molar-refractivity contribution is 7.99. The Morgan fingerprint density at radius 3 is 2.56 bits per heavy atom. The van der Waals surface area contributed by atoms with Crippen molar-refractivity contribution in [3.05, 3.63) is 83.7 Å². The summed E-state index contributed by atoms with van der Waals surface area (Å²) in [7, 11) is 0. The van der Waals surface area contributed by atoms with Crippen LogP contribution < -0.4 is 4.90 Å². The second kappa shape index (κ2) is 13.5. The van der Waals surface area contributed by atoms with Crippen LogP contribution in [0.15, 0.2) is 71.1 Å². The van der Waals surface area contributed by atoms with Crippen LogP contribution in [-0.4, -0.2) is 93.4 Å². The third-order valence-electron chi connectivity index (χ3n) is 6.93. The molecule has 2 aliphatic rings. The topological polar surface area (TPSA) is 71.3 Å². The average Bonchev–Trinajstić information content (AvgIpc) is 3.37. The van der Waals surface area contributed by atoms with Gasteiger partial charge in [-0.2, -0.15) is 0 Å². The van der Waals surface area contributed by atoms with E-state index >= 15 is 0 Å². The molecule has 0 bridgehead atoms. The fourth-order valence-corrected chi connectivity index (χ4v) is 6.66. The zero-order valence-electron chi connectivity index (χ0n) is 22.1. The number of β-amino-alcohol motifs (C(OH)–C–C–N with tert-alkyl or cyclic N) is 1. The number of thioether (sulfide) groups is 1. The summed E-state index contributed by atoms with van der Waals surface area (Å²) in [6.07, 6.45) is 5.45. The highest BCUT2D eigenvalue weighted by atomic mass is 32.2. The Kier molecular flexibility index (Phi) is 9.57. The van der Waals surface area contributed by atoms with E-state index in [-0.39, 0.29) is 12.4 Å². The SMILES string of the molecule is Cc1c(SCCN2CCN(c3ccc(F)cc3)CC2)ccnc1CSN1CN(CCO)C(c2cccnc2)=N1. The maximum absolute atomic E-state index is 13.2. The quantitative estimate of drug-likeness (QED) is 0.274. The van der Waals surface area contributed by atoms with E-state index in [1.165, 1.54) is 22.6 Å². The Morgan fingerprint density at radius 2 is 1.82 bits per heavy atom. The Hall–Kier alpha value is -2.86. The molecule has 8 nitrogen and oxygen atoms in total. The first-order chi connectivity index (χ1) is 19.1. The lowest BCUT2D eigenvalue weighted by Crippen LogP contribution is -2.47. The van der Waals surface area contributed by atoms with Crippen LogP contribution in [0.25, 0.3) is 0 Å². The van der Waals surface area contributed by atoms with Crippen molar-refractivity contribution in [1.82, 2.24) is 24.2 Å². The van der Waals surface area contributed by atoms with E-state index in [9.17, 15) is 9.50 Å². The molecule has 4 heterocycles. The molecule has 0 spiro atoms. The standard InChI is InChI=1S/C28H34FN7OS2/c1-22-26(20-39-36-21-35(15-17-37)28(32-36)23-3-2-9-30-19-23)31-10-8-27(22)38-18-16-33-11-13-34(14-12-33)25-6-4-24(29)5-7-25/h2-10,19,37H,11-18,20-21H2,1H3. The fraction of sp³-hybridized carbons (Fsp3) is 0.393. The number of rotatable bonds is 11. The minimum absolute atomic E-state index is 0.0711. The van der Waals surface area contributed by atoms with Crippen molar-refractivity contribution in [2.45, 2.75) is 17.6 Å². The van der Waals surface area contributed by atoms with Crippen molar-refractivity contribution in [3.63, 3.8) is 0 Å². The number of hydrogen-bond acceptors (Lipinski definition) is 10. The number of benzene rings is 1. The Balaban J connectivity index is 1.10. The summed E-state index contributed by atoms with van der Waals surface area (Å²) in [6, 6.07) is 12.8. The molecule has 39 heavy (non-hydrogen) atoms. The van der Waals surface area contributed by atoms with Gasteiger partial charge in [0.1, 0.15) is 12.5 Å². The minimum atomic E-state index is -0.188. The largest absolute Gasteiger partial charge is 0.395 e. The van der Waals surface area contributed by atoms with Gasteiger partial charge in [0.2, 0.25) is 0 Å². The van der Waals surface area contributed by atoms with Crippen molar-refractivity contribution in [3.8, 4) is 0 Å². The summed E-state index contributed by atoms with van der Waals surface area (Å²) >= 11 is 3.52. The van der Waals surface area contributed by atoms with E-state index in [1.807, 2.05) is 46.6 Å². The van der Waals surface area contributed by atoms with E-state index in [0.717, 1.165) is 67.0 Å². The van der Waals surface area contributed by atoms with Crippen molar-refractivity contribution in [2.24, 2.45) is 5.10 Å². The molecule has 0 amide bonds. The number of nitrogens with zero attached hydrogens (tertiary/aromatic N) is 7. The zero-order valence-corrected chi connectivity index (χ0v) is 23.7. The summed E-state index contributed by atoms with van der Waals surface area (Å²) in [4.78, 5) is 17.0. The third-order valence-corrected chi connectivity index (χ3v) is 8.96. The first-order valence-corrected chi connectivity index (χ1v) is 15.1. The van der Waals surface area contributed by atoms with Gasteiger partial charge in [-0.1, -0.05) is 0 Å². The van der Waals surface area contributed by atoms with E-state index < -0.39 is 0 Å². The van der Waals surface area contributed by atoms with Crippen molar-refractivity contribution in [2.75, 3.05) is 63.2 Å². The molecule has 3 aromatic rings. The molecule has 1 N–H and O–H groups in total. The molecule has 0 saturated carbocycles. The first kappa shape index (κ1) is 27.7. The van der Waals surface area contributed by atoms with Gasteiger partial charge < -0.3 is 14.9 Å².